The van der Waals surface area contributed by atoms with Crippen molar-refractivity contribution in [3.63, 3.8) is 0 Å². The lowest BCUT2D eigenvalue weighted by molar-refractivity contribution is -0.137. The number of likely N-dealkylation sites (N-methyl/N-ethyl adjacent to an activating group) is 1. The standard InChI is InChI=1S/C21H23ClF3N3O3S/c1-2-26-10-12-27(13-11-26)20(29)15-28(32(30,31)17-6-4-3-5-7-17)19-14-16(21(23,24)25)8-9-18(19)22/h3-9,14H,2,10-13,15H2,1H3. The summed E-state index contributed by atoms with van der Waals surface area (Å²) in [4.78, 5) is 16.5. The maximum Gasteiger partial charge on any atom is 0.416 e. The van der Waals surface area contributed by atoms with E-state index in [0.29, 0.717) is 36.6 Å². The molecule has 1 fully saturated rings. The third kappa shape index (κ3) is 5.36. The summed E-state index contributed by atoms with van der Waals surface area (Å²) in [6, 6.07) is 9.63. The van der Waals surface area contributed by atoms with Crippen LogP contribution in [0.1, 0.15) is 12.5 Å². The number of amides is 1. The Morgan fingerprint density at radius 2 is 1.69 bits per heavy atom. The van der Waals surface area contributed by atoms with E-state index < -0.39 is 39.9 Å². The summed E-state index contributed by atoms with van der Waals surface area (Å²) < 4.78 is 67.3. The molecular formula is C21H23ClF3N3O3S. The Labute approximate surface area is 190 Å². The zero-order valence-electron chi connectivity index (χ0n) is 17.3. The quantitative estimate of drug-likeness (QED) is 0.620. The number of nitrogens with zero attached hydrogens (tertiary/aromatic N) is 3. The molecule has 1 aliphatic rings. The van der Waals surface area contributed by atoms with E-state index in [1.807, 2.05) is 6.92 Å². The van der Waals surface area contributed by atoms with Crippen molar-refractivity contribution in [3.8, 4) is 0 Å². The van der Waals surface area contributed by atoms with E-state index in [4.69, 9.17) is 11.6 Å². The minimum Gasteiger partial charge on any atom is -0.339 e. The molecule has 0 N–H and O–H groups in total. The van der Waals surface area contributed by atoms with Gasteiger partial charge in [-0.3, -0.25) is 9.10 Å². The maximum atomic E-state index is 13.4. The van der Waals surface area contributed by atoms with Crippen LogP contribution in [0.5, 0.6) is 0 Å². The van der Waals surface area contributed by atoms with Crippen LogP contribution in [-0.4, -0.2) is 63.4 Å². The van der Waals surface area contributed by atoms with Gasteiger partial charge in [-0.2, -0.15) is 13.2 Å². The summed E-state index contributed by atoms with van der Waals surface area (Å²) in [5, 5.41) is -0.207. The van der Waals surface area contributed by atoms with Crippen molar-refractivity contribution in [2.75, 3.05) is 43.6 Å². The number of carbonyl (C=O) groups is 1. The molecule has 0 unspecified atom stereocenters. The summed E-state index contributed by atoms with van der Waals surface area (Å²) >= 11 is 6.14. The fraction of sp³-hybridized carbons (Fsp3) is 0.381. The Morgan fingerprint density at radius 1 is 1.06 bits per heavy atom. The van der Waals surface area contributed by atoms with Crippen molar-refractivity contribution in [3.05, 3.63) is 59.1 Å². The summed E-state index contributed by atoms with van der Waals surface area (Å²) in [6.07, 6.45) is -4.71. The number of piperazine rings is 1. The molecule has 1 heterocycles. The van der Waals surface area contributed by atoms with Gasteiger partial charge in [0, 0.05) is 26.2 Å². The van der Waals surface area contributed by atoms with E-state index in [1.165, 1.54) is 29.2 Å². The first-order valence-corrected chi connectivity index (χ1v) is 11.8. The SMILES string of the molecule is CCN1CCN(C(=O)CN(c2cc(C(F)(F)F)ccc2Cl)S(=O)(=O)c2ccccc2)CC1. The number of benzene rings is 2. The van der Waals surface area contributed by atoms with Crippen LogP contribution in [0, 0.1) is 0 Å². The fourth-order valence-electron chi connectivity index (χ4n) is 3.44. The number of anilines is 1. The van der Waals surface area contributed by atoms with Gasteiger partial charge in [0.05, 0.1) is 21.2 Å². The number of halogens is 4. The molecule has 1 saturated heterocycles. The molecule has 0 saturated carbocycles. The Kier molecular flexibility index (Phi) is 7.36. The lowest BCUT2D eigenvalue weighted by atomic mass is 10.2. The van der Waals surface area contributed by atoms with Crippen molar-refractivity contribution in [2.24, 2.45) is 0 Å². The molecule has 0 bridgehead atoms. The topological polar surface area (TPSA) is 60.9 Å². The highest BCUT2D eigenvalue weighted by Crippen LogP contribution is 2.37. The van der Waals surface area contributed by atoms with Crippen molar-refractivity contribution >= 4 is 33.2 Å². The van der Waals surface area contributed by atoms with Crippen molar-refractivity contribution < 1.29 is 26.4 Å². The number of carbonyl (C=O) groups excluding carboxylic acids is 1. The Bertz CT molecular complexity index is 1060. The number of sulfonamides is 1. The minimum absolute atomic E-state index is 0.155. The van der Waals surface area contributed by atoms with E-state index in [1.54, 1.807) is 6.07 Å². The number of rotatable bonds is 6. The molecule has 0 spiro atoms. The van der Waals surface area contributed by atoms with Crippen molar-refractivity contribution in [1.82, 2.24) is 9.80 Å². The van der Waals surface area contributed by atoms with Gasteiger partial charge in [-0.15, -0.1) is 0 Å². The lowest BCUT2D eigenvalue weighted by Crippen LogP contribution is -2.51. The van der Waals surface area contributed by atoms with Gasteiger partial charge in [-0.1, -0.05) is 36.7 Å². The van der Waals surface area contributed by atoms with Crippen LogP contribution in [0.3, 0.4) is 0 Å². The Balaban J connectivity index is 2.01. The molecule has 0 aromatic heterocycles. The second kappa shape index (κ2) is 9.68. The van der Waals surface area contributed by atoms with Gasteiger partial charge in [-0.25, -0.2) is 8.42 Å². The molecule has 3 rings (SSSR count). The lowest BCUT2D eigenvalue weighted by Gasteiger charge is -2.35. The van der Waals surface area contributed by atoms with E-state index in [9.17, 15) is 26.4 Å². The first kappa shape index (κ1) is 24.3. The molecule has 2 aromatic carbocycles. The molecule has 0 radical (unpaired) electrons. The Morgan fingerprint density at radius 3 is 2.25 bits per heavy atom. The summed E-state index contributed by atoms with van der Waals surface area (Å²) in [6.45, 7) is 4.25. The third-order valence-corrected chi connectivity index (χ3v) is 7.42. The second-order valence-corrected chi connectivity index (χ2v) is 9.57. The molecule has 11 heteroatoms. The largest absolute Gasteiger partial charge is 0.416 e. The average molecular weight is 490 g/mol. The van der Waals surface area contributed by atoms with Gasteiger partial charge in [0.1, 0.15) is 6.54 Å². The normalized spacial score (nSPS) is 15.6. The highest BCUT2D eigenvalue weighted by atomic mass is 35.5. The maximum absolute atomic E-state index is 13.4. The van der Waals surface area contributed by atoms with Gasteiger partial charge in [0.25, 0.3) is 10.0 Å². The zero-order valence-corrected chi connectivity index (χ0v) is 18.9. The smallest absolute Gasteiger partial charge is 0.339 e. The summed E-state index contributed by atoms with van der Waals surface area (Å²) in [5.74, 6) is -0.506. The van der Waals surface area contributed by atoms with Crippen LogP contribution >= 0.6 is 11.6 Å². The van der Waals surface area contributed by atoms with Crippen LogP contribution < -0.4 is 4.31 Å². The van der Waals surface area contributed by atoms with Crippen LogP contribution in [0.4, 0.5) is 18.9 Å². The molecule has 1 amide bonds. The highest BCUT2D eigenvalue weighted by Gasteiger charge is 2.35. The van der Waals surface area contributed by atoms with E-state index in [-0.39, 0.29) is 9.92 Å². The fourth-order valence-corrected chi connectivity index (χ4v) is 5.15. The molecule has 174 valence electrons. The molecule has 2 aromatic rings. The van der Waals surface area contributed by atoms with Crippen LogP contribution in [0.25, 0.3) is 0 Å². The van der Waals surface area contributed by atoms with E-state index >= 15 is 0 Å². The van der Waals surface area contributed by atoms with Gasteiger partial charge < -0.3 is 9.80 Å². The molecule has 0 aliphatic carbocycles. The van der Waals surface area contributed by atoms with Gasteiger partial charge in [0.15, 0.2) is 0 Å². The number of hydrogen-bond donors (Lipinski definition) is 0. The first-order chi connectivity index (χ1) is 15.0. The van der Waals surface area contributed by atoms with E-state index in [2.05, 4.69) is 4.90 Å². The molecule has 1 aliphatic heterocycles. The minimum atomic E-state index is -4.71. The summed E-state index contributed by atoms with van der Waals surface area (Å²) in [5.41, 5.74) is -1.46. The second-order valence-electron chi connectivity index (χ2n) is 7.30. The number of alkyl halides is 3. The van der Waals surface area contributed by atoms with Gasteiger partial charge in [-0.05, 0) is 36.9 Å². The van der Waals surface area contributed by atoms with Crippen molar-refractivity contribution in [1.29, 1.82) is 0 Å². The predicted octanol–water partition coefficient (Wildman–Crippen LogP) is 3.72. The van der Waals surface area contributed by atoms with Crippen molar-refractivity contribution in [2.45, 2.75) is 18.0 Å². The highest BCUT2D eigenvalue weighted by molar-refractivity contribution is 7.92. The number of hydrogen-bond acceptors (Lipinski definition) is 4. The average Bonchev–Trinajstić information content (AvgIpc) is 2.77. The molecule has 32 heavy (non-hydrogen) atoms. The Hall–Kier alpha value is -2.30. The molecule has 6 nitrogen and oxygen atoms in total. The zero-order chi connectivity index (χ0) is 23.5. The van der Waals surface area contributed by atoms with Gasteiger partial charge >= 0.3 is 6.18 Å². The summed E-state index contributed by atoms with van der Waals surface area (Å²) in [7, 11) is -4.36. The van der Waals surface area contributed by atoms with Crippen LogP contribution in [0.2, 0.25) is 5.02 Å². The van der Waals surface area contributed by atoms with Gasteiger partial charge in [0.2, 0.25) is 5.91 Å². The van der Waals surface area contributed by atoms with E-state index in [0.717, 1.165) is 18.7 Å². The first-order valence-electron chi connectivity index (χ1n) is 9.98. The van der Waals surface area contributed by atoms with Crippen LogP contribution in [0.15, 0.2) is 53.4 Å². The third-order valence-electron chi connectivity index (χ3n) is 5.32. The molecule has 0 atom stereocenters. The predicted molar refractivity (Wildman–Crippen MR) is 116 cm³/mol. The monoisotopic (exact) mass is 489 g/mol. The molecular weight excluding hydrogens is 467 g/mol. The van der Waals surface area contributed by atoms with Crippen LogP contribution in [-0.2, 0) is 21.0 Å².